The van der Waals surface area contributed by atoms with Crippen molar-refractivity contribution in [2.75, 3.05) is 27.9 Å². The maximum absolute atomic E-state index is 11.9. The van der Waals surface area contributed by atoms with Crippen molar-refractivity contribution >= 4 is 23.1 Å². The molecule has 0 aliphatic rings. The third kappa shape index (κ3) is 4.57. The number of rotatable bonds is 10. The average Bonchev–Trinajstić information content (AvgIpc) is 3.33. The number of para-hydroxylation sites is 1. The van der Waals surface area contributed by atoms with E-state index in [4.69, 9.17) is 19.2 Å². The van der Waals surface area contributed by atoms with Crippen LogP contribution in [0.2, 0.25) is 0 Å². The van der Waals surface area contributed by atoms with E-state index in [2.05, 4.69) is 10.2 Å². The van der Waals surface area contributed by atoms with Crippen LogP contribution < -0.4 is 15.2 Å². The van der Waals surface area contributed by atoms with Gasteiger partial charge in [-0.05, 0) is 18.6 Å². The van der Waals surface area contributed by atoms with Crippen LogP contribution in [-0.2, 0) is 17.0 Å². The normalized spacial score (nSPS) is 11.0. The summed E-state index contributed by atoms with van der Waals surface area (Å²) in [4.78, 5) is 16.6. The van der Waals surface area contributed by atoms with Gasteiger partial charge in [-0.3, -0.25) is 4.57 Å². The third-order valence-electron chi connectivity index (χ3n) is 3.99. The van der Waals surface area contributed by atoms with Crippen LogP contribution in [0.15, 0.2) is 33.5 Å². The molecule has 1 N–H and O–H groups in total. The molecule has 0 amide bonds. The van der Waals surface area contributed by atoms with Crippen LogP contribution >= 0.6 is 23.1 Å². The molecule has 0 aliphatic heterocycles. The highest BCUT2D eigenvalue weighted by Crippen LogP contribution is 2.39. The SMILES string of the molecule is COCCCn1c(SCc2csc(-c3cccc(OC)c3OC)n2)n[nH]c1=O. The van der Waals surface area contributed by atoms with E-state index in [1.54, 1.807) is 25.9 Å². The molecule has 28 heavy (non-hydrogen) atoms. The predicted octanol–water partition coefficient (Wildman–Crippen LogP) is 3.04. The van der Waals surface area contributed by atoms with Crippen molar-refractivity contribution in [1.29, 1.82) is 0 Å². The van der Waals surface area contributed by atoms with Crippen molar-refractivity contribution in [3.8, 4) is 22.1 Å². The zero-order valence-electron chi connectivity index (χ0n) is 15.9. The summed E-state index contributed by atoms with van der Waals surface area (Å²) in [5, 5.41) is 10.1. The molecule has 3 aromatic rings. The molecule has 150 valence electrons. The summed E-state index contributed by atoms with van der Waals surface area (Å²) in [7, 11) is 4.87. The Labute approximate surface area is 170 Å². The molecule has 8 nitrogen and oxygen atoms in total. The minimum absolute atomic E-state index is 0.210. The fourth-order valence-electron chi connectivity index (χ4n) is 2.67. The standard InChI is InChI=1S/C18H22N4O4S2/c1-24-9-5-8-22-17(23)20-21-18(22)28-11-12-10-27-16(19-12)13-6-4-7-14(25-2)15(13)26-3/h4,6-7,10H,5,8-9,11H2,1-3H3,(H,20,23). The molecule has 0 unspecified atom stereocenters. The Bertz CT molecular complexity index is 967. The van der Waals surface area contributed by atoms with Gasteiger partial charge < -0.3 is 14.2 Å². The lowest BCUT2D eigenvalue weighted by atomic mass is 10.2. The lowest BCUT2D eigenvalue weighted by molar-refractivity contribution is 0.189. The van der Waals surface area contributed by atoms with Crippen molar-refractivity contribution in [2.24, 2.45) is 0 Å². The average molecular weight is 423 g/mol. The number of aromatic nitrogens is 4. The number of hydrogen-bond donors (Lipinski definition) is 1. The number of H-pyrrole nitrogens is 1. The van der Waals surface area contributed by atoms with Crippen LogP contribution in [0.4, 0.5) is 0 Å². The fourth-order valence-corrected chi connectivity index (χ4v) is 4.48. The molecule has 1 aromatic carbocycles. The minimum Gasteiger partial charge on any atom is -0.493 e. The minimum atomic E-state index is -0.210. The van der Waals surface area contributed by atoms with Crippen molar-refractivity contribution in [3.63, 3.8) is 0 Å². The summed E-state index contributed by atoms with van der Waals surface area (Å²) < 4.78 is 17.5. The molecule has 0 bridgehead atoms. The van der Waals surface area contributed by atoms with Gasteiger partial charge in [0.25, 0.3) is 0 Å². The molecule has 2 heterocycles. The maximum Gasteiger partial charge on any atom is 0.343 e. The Hall–Kier alpha value is -2.30. The second-order valence-electron chi connectivity index (χ2n) is 5.78. The van der Waals surface area contributed by atoms with E-state index in [0.717, 1.165) is 22.7 Å². The first-order valence-corrected chi connectivity index (χ1v) is 10.5. The first-order valence-electron chi connectivity index (χ1n) is 8.60. The molecule has 0 fully saturated rings. The van der Waals surface area contributed by atoms with Gasteiger partial charge in [0.1, 0.15) is 5.01 Å². The molecule has 0 atom stereocenters. The van der Waals surface area contributed by atoms with Crippen LogP contribution in [0.5, 0.6) is 11.5 Å². The smallest absolute Gasteiger partial charge is 0.343 e. The summed E-state index contributed by atoms with van der Waals surface area (Å²) in [6.07, 6.45) is 0.750. The molecular formula is C18H22N4O4S2. The Morgan fingerprint density at radius 1 is 1.25 bits per heavy atom. The summed E-state index contributed by atoms with van der Waals surface area (Å²) in [5.41, 5.74) is 1.59. The first-order chi connectivity index (χ1) is 13.7. The van der Waals surface area contributed by atoms with E-state index in [9.17, 15) is 4.79 Å². The molecule has 10 heteroatoms. The van der Waals surface area contributed by atoms with E-state index < -0.39 is 0 Å². The molecule has 0 radical (unpaired) electrons. The summed E-state index contributed by atoms with van der Waals surface area (Å²) >= 11 is 3.01. The van der Waals surface area contributed by atoms with Gasteiger partial charge in [0.05, 0.1) is 25.5 Å². The third-order valence-corrected chi connectivity index (χ3v) is 5.92. The summed E-state index contributed by atoms with van der Waals surface area (Å²) in [6.45, 7) is 1.16. The lowest BCUT2D eigenvalue weighted by Gasteiger charge is -2.10. The van der Waals surface area contributed by atoms with Crippen molar-refractivity contribution in [1.82, 2.24) is 19.7 Å². The van der Waals surface area contributed by atoms with E-state index in [-0.39, 0.29) is 5.69 Å². The number of hydrogen-bond acceptors (Lipinski definition) is 8. The highest BCUT2D eigenvalue weighted by Gasteiger charge is 2.15. The number of thioether (sulfide) groups is 1. The van der Waals surface area contributed by atoms with E-state index in [0.29, 0.717) is 35.6 Å². The highest BCUT2D eigenvalue weighted by molar-refractivity contribution is 7.98. The molecule has 0 saturated carbocycles. The number of aromatic amines is 1. The maximum atomic E-state index is 11.9. The van der Waals surface area contributed by atoms with Crippen LogP contribution in [0.25, 0.3) is 10.6 Å². The second kappa shape index (κ2) is 9.76. The van der Waals surface area contributed by atoms with E-state index in [1.807, 2.05) is 23.6 Å². The summed E-state index contributed by atoms with van der Waals surface area (Å²) in [5.74, 6) is 1.94. The van der Waals surface area contributed by atoms with Crippen molar-refractivity contribution < 1.29 is 14.2 Å². The Morgan fingerprint density at radius 3 is 2.86 bits per heavy atom. The van der Waals surface area contributed by atoms with Crippen LogP contribution in [0, 0.1) is 0 Å². The molecule has 3 rings (SSSR count). The number of nitrogens with zero attached hydrogens (tertiary/aromatic N) is 3. The Kier molecular flexibility index (Phi) is 7.12. The van der Waals surface area contributed by atoms with Gasteiger partial charge in [-0.25, -0.2) is 14.9 Å². The van der Waals surface area contributed by atoms with Gasteiger partial charge in [0.2, 0.25) is 0 Å². The zero-order valence-corrected chi connectivity index (χ0v) is 17.6. The Morgan fingerprint density at radius 2 is 2.11 bits per heavy atom. The van der Waals surface area contributed by atoms with Gasteiger partial charge in [0, 0.05) is 31.4 Å². The summed E-state index contributed by atoms with van der Waals surface area (Å²) in [6, 6.07) is 5.72. The zero-order chi connectivity index (χ0) is 19.9. The fraction of sp³-hybridized carbons (Fsp3) is 0.389. The topological polar surface area (TPSA) is 91.3 Å². The van der Waals surface area contributed by atoms with Gasteiger partial charge in [-0.15, -0.1) is 16.4 Å². The highest BCUT2D eigenvalue weighted by atomic mass is 32.2. The van der Waals surface area contributed by atoms with Crippen LogP contribution in [0.3, 0.4) is 0 Å². The largest absolute Gasteiger partial charge is 0.493 e. The molecule has 0 spiro atoms. The molecule has 0 saturated heterocycles. The first kappa shape index (κ1) is 20.4. The Balaban J connectivity index is 1.72. The van der Waals surface area contributed by atoms with Crippen molar-refractivity contribution in [2.45, 2.75) is 23.9 Å². The number of benzene rings is 1. The number of nitrogens with one attached hydrogen (secondary N) is 1. The van der Waals surface area contributed by atoms with Crippen LogP contribution in [0.1, 0.15) is 12.1 Å². The van der Waals surface area contributed by atoms with Gasteiger partial charge in [0.15, 0.2) is 16.7 Å². The number of ether oxygens (including phenoxy) is 3. The van der Waals surface area contributed by atoms with E-state index in [1.165, 1.54) is 23.1 Å². The van der Waals surface area contributed by atoms with Gasteiger partial charge in [-0.2, -0.15) is 0 Å². The quantitative estimate of drug-likeness (QED) is 0.397. The van der Waals surface area contributed by atoms with Crippen molar-refractivity contribution in [3.05, 3.63) is 39.8 Å². The second-order valence-corrected chi connectivity index (χ2v) is 7.58. The molecular weight excluding hydrogens is 400 g/mol. The van der Waals surface area contributed by atoms with E-state index >= 15 is 0 Å². The van der Waals surface area contributed by atoms with Gasteiger partial charge >= 0.3 is 5.69 Å². The van der Waals surface area contributed by atoms with Crippen LogP contribution in [-0.4, -0.2) is 47.7 Å². The lowest BCUT2D eigenvalue weighted by Crippen LogP contribution is -2.18. The number of methoxy groups -OCH3 is 3. The molecule has 2 aromatic heterocycles. The monoisotopic (exact) mass is 422 g/mol. The molecule has 0 aliphatic carbocycles. The number of thiazole rings is 1. The predicted molar refractivity (Wildman–Crippen MR) is 110 cm³/mol. The van der Waals surface area contributed by atoms with Gasteiger partial charge in [-0.1, -0.05) is 17.8 Å².